The summed E-state index contributed by atoms with van der Waals surface area (Å²) in [5.41, 5.74) is 0.288. The van der Waals surface area contributed by atoms with Gasteiger partial charge >= 0.3 is 0 Å². The Hall–Kier alpha value is -0.120. The van der Waals surface area contributed by atoms with Crippen LogP contribution in [0.5, 0.6) is 0 Å². The van der Waals surface area contributed by atoms with Gasteiger partial charge < -0.3 is 14.2 Å². The molecule has 0 atom stereocenters. The maximum Gasteiger partial charge on any atom is 0.146 e. The maximum atomic E-state index is 5.29. The molecule has 2 aliphatic rings. The first-order chi connectivity index (χ1) is 5.41. The second-order valence-corrected chi connectivity index (χ2v) is 3.43. The van der Waals surface area contributed by atoms with E-state index >= 15 is 0 Å². The van der Waals surface area contributed by atoms with Crippen LogP contribution in [-0.2, 0) is 14.2 Å². The lowest BCUT2D eigenvalue weighted by molar-refractivity contribution is -0.186. The van der Waals surface area contributed by atoms with E-state index in [1.54, 1.807) is 0 Å². The monoisotopic (exact) mass is 158 g/mol. The molecule has 0 N–H and O–H groups in total. The molecule has 0 radical (unpaired) electrons. The van der Waals surface area contributed by atoms with Crippen LogP contribution in [0.3, 0.4) is 0 Å². The third kappa shape index (κ3) is 1.55. The Morgan fingerprint density at radius 2 is 1.45 bits per heavy atom. The van der Waals surface area contributed by atoms with Gasteiger partial charge in [0, 0.05) is 18.6 Å². The highest BCUT2D eigenvalue weighted by molar-refractivity contribution is 4.82. The zero-order valence-electron chi connectivity index (χ0n) is 6.67. The van der Waals surface area contributed by atoms with E-state index in [9.17, 15) is 0 Å². The van der Waals surface area contributed by atoms with Crippen LogP contribution in [0.2, 0.25) is 0 Å². The number of rotatable bonds is 0. The molecule has 11 heavy (non-hydrogen) atoms. The van der Waals surface area contributed by atoms with Crippen LogP contribution < -0.4 is 0 Å². The van der Waals surface area contributed by atoms with Crippen molar-refractivity contribution in [2.75, 3.05) is 33.2 Å². The third-order valence-corrected chi connectivity index (χ3v) is 2.54. The van der Waals surface area contributed by atoms with Crippen molar-refractivity contribution in [2.45, 2.75) is 12.8 Å². The van der Waals surface area contributed by atoms with E-state index in [-0.39, 0.29) is 5.41 Å². The average Bonchev–Trinajstić information content (AvgIpc) is 2.07. The van der Waals surface area contributed by atoms with E-state index < -0.39 is 0 Å². The zero-order valence-corrected chi connectivity index (χ0v) is 6.67. The van der Waals surface area contributed by atoms with Crippen LogP contribution in [0.15, 0.2) is 0 Å². The molecule has 64 valence electrons. The fourth-order valence-corrected chi connectivity index (χ4v) is 1.71. The second kappa shape index (κ2) is 3.09. The Bertz CT molecular complexity index is 104. The summed E-state index contributed by atoms with van der Waals surface area (Å²) in [5, 5.41) is 0. The van der Waals surface area contributed by atoms with E-state index in [2.05, 4.69) is 0 Å². The summed E-state index contributed by atoms with van der Waals surface area (Å²) in [7, 11) is 0. The summed E-state index contributed by atoms with van der Waals surface area (Å²) < 4.78 is 15.9. The quantitative estimate of drug-likeness (QED) is 0.521. The molecule has 2 fully saturated rings. The van der Waals surface area contributed by atoms with Crippen molar-refractivity contribution in [3.05, 3.63) is 0 Å². The predicted octanol–water partition coefficient (Wildman–Crippen LogP) is 0.787. The number of ether oxygens (including phenoxy) is 3. The molecule has 0 amide bonds. The van der Waals surface area contributed by atoms with Gasteiger partial charge in [-0.05, 0) is 12.8 Å². The van der Waals surface area contributed by atoms with Gasteiger partial charge in [0.1, 0.15) is 6.79 Å². The molecule has 0 saturated carbocycles. The topological polar surface area (TPSA) is 27.7 Å². The highest BCUT2D eigenvalue weighted by Gasteiger charge is 2.35. The fourth-order valence-electron chi connectivity index (χ4n) is 1.71. The molecule has 2 rings (SSSR count). The van der Waals surface area contributed by atoms with Crippen molar-refractivity contribution in [2.24, 2.45) is 5.41 Å². The van der Waals surface area contributed by atoms with Gasteiger partial charge in [-0.15, -0.1) is 0 Å². The highest BCUT2D eigenvalue weighted by Crippen LogP contribution is 2.33. The van der Waals surface area contributed by atoms with Gasteiger partial charge in [0.05, 0.1) is 13.2 Å². The lowest BCUT2D eigenvalue weighted by Gasteiger charge is -2.39. The summed E-state index contributed by atoms with van der Waals surface area (Å²) in [6.45, 7) is 3.93. The van der Waals surface area contributed by atoms with E-state index in [4.69, 9.17) is 14.2 Å². The number of hydrogen-bond acceptors (Lipinski definition) is 3. The van der Waals surface area contributed by atoms with Crippen molar-refractivity contribution in [1.29, 1.82) is 0 Å². The maximum absolute atomic E-state index is 5.29. The molecular weight excluding hydrogens is 144 g/mol. The Kier molecular flexibility index (Phi) is 2.11. The van der Waals surface area contributed by atoms with E-state index in [1.807, 2.05) is 0 Å². The molecule has 0 aromatic heterocycles. The van der Waals surface area contributed by atoms with Gasteiger partial charge in [-0.1, -0.05) is 0 Å². The van der Waals surface area contributed by atoms with Gasteiger partial charge in [0.2, 0.25) is 0 Å². The van der Waals surface area contributed by atoms with Gasteiger partial charge in [0.15, 0.2) is 0 Å². The van der Waals surface area contributed by atoms with Crippen molar-refractivity contribution < 1.29 is 14.2 Å². The smallest absolute Gasteiger partial charge is 0.146 e. The lowest BCUT2D eigenvalue weighted by atomic mass is 9.81. The fraction of sp³-hybridized carbons (Fsp3) is 1.00. The van der Waals surface area contributed by atoms with Gasteiger partial charge in [-0.25, -0.2) is 0 Å². The SMILES string of the molecule is C1CC2(CCO1)COCOC2. The van der Waals surface area contributed by atoms with Gasteiger partial charge in [-0.2, -0.15) is 0 Å². The minimum absolute atomic E-state index is 0.288. The first-order valence-electron chi connectivity index (χ1n) is 4.15. The molecule has 0 bridgehead atoms. The molecule has 0 aromatic carbocycles. The first kappa shape index (κ1) is 7.53. The van der Waals surface area contributed by atoms with Crippen molar-refractivity contribution in [3.8, 4) is 0 Å². The first-order valence-corrected chi connectivity index (χ1v) is 4.15. The zero-order chi connectivity index (χ0) is 7.57. The molecule has 2 saturated heterocycles. The Labute approximate surface area is 66.6 Å². The van der Waals surface area contributed by atoms with Crippen molar-refractivity contribution >= 4 is 0 Å². The van der Waals surface area contributed by atoms with Gasteiger partial charge in [0.25, 0.3) is 0 Å². The van der Waals surface area contributed by atoms with Crippen LogP contribution in [0, 0.1) is 5.41 Å². The van der Waals surface area contributed by atoms with Crippen LogP contribution in [0.4, 0.5) is 0 Å². The van der Waals surface area contributed by atoms with Crippen LogP contribution in [-0.4, -0.2) is 33.2 Å². The molecule has 2 heterocycles. The molecule has 3 nitrogen and oxygen atoms in total. The van der Waals surface area contributed by atoms with Crippen LogP contribution >= 0.6 is 0 Å². The average molecular weight is 158 g/mol. The summed E-state index contributed by atoms with van der Waals surface area (Å²) in [6, 6.07) is 0. The molecule has 0 aliphatic carbocycles. The second-order valence-electron chi connectivity index (χ2n) is 3.43. The minimum Gasteiger partial charge on any atom is -0.381 e. The predicted molar refractivity (Wildman–Crippen MR) is 39.3 cm³/mol. The standard InChI is InChI=1S/C8H14O3/c1-3-9-4-2-8(1)5-10-7-11-6-8/h1-7H2. The van der Waals surface area contributed by atoms with E-state index in [0.29, 0.717) is 6.79 Å². The van der Waals surface area contributed by atoms with Crippen LogP contribution in [0.1, 0.15) is 12.8 Å². The van der Waals surface area contributed by atoms with Gasteiger partial charge in [-0.3, -0.25) is 0 Å². The molecule has 0 unspecified atom stereocenters. The minimum atomic E-state index is 0.288. The van der Waals surface area contributed by atoms with E-state index in [1.165, 1.54) is 0 Å². The summed E-state index contributed by atoms with van der Waals surface area (Å²) >= 11 is 0. The molecule has 2 aliphatic heterocycles. The summed E-state index contributed by atoms with van der Waals surface area (Å²) in [5.74, 6) is 0. The lowest BCUT2D eigenvalue weighted by Crippen LogP contribution is -2.41. The largest absolute Gasteiger partial charge is 0.381 e. The number of hydrogen-bond donors (Lipinski definition) is 0. The molecular formula is C8H14O3. The van der Waals surface area contributed by atoms with Crippen LogP contribution in [0.25, 0.3) is 0 Å². The highest BCUT2D eigenvalue weighted by atomic mass is 16.7. The van der Waals surface area contributed by atoms with Crippen molar-refractivity contribution in [1.82, 2.24) is 0 Å². The third-order valence-electron chi connectivity index (χ3n) is 2.54. The Morgan fingerprint density at radius 3 is 2.09 bits per heavy atom. The summed E-state index contributed by atoms with van der Waals surface area (Å²) in [6.07, 6.45) is 2.18. The van der Waals surface area contributed by atoms with E-state index in [0.717, 1.165) is 39.3 Å². The summed E-state index contributed by atoms with van der Waals surface area (Å²) in [4.78, 5) is 0. The van der Waals surface area contributed by atoms with Crippen molar-refractivity contribution in [3.63, 3.8) is 0 Å². The molecule has 3 heteroatoms. The molecule has 0 aromatic rings. The Morgan fingerprint density at radius 1 is 0.818 bits per heavy atom. The molecule has 1 spiro atoms. The Balaban J connectivity index is 1.94. The normalized spacial score (nSPS) is 30.5.